The van der Waals surface area contributed by atoms with E-state index in [1.54, 1.807) is 75.9 Å². The number of aromatic nitrogens is 2. The third-order valence-corrected chi connectivity index (χ3v) is 7.41. The number of anilines is 4. The molecule has 0 fully saturated rings. The van der Waals surface area contributed by atoms with Crippen molar-refractivity contribution in [3.63, 3.8) is 0 Å². The lowest BCUT2D eigenvalue weighted by molar-refractivity contribution is 0.102. The summed E-state index contributed by atoms with van der Waals surface area (Å²) in [6.45, 7) is 1.90. The number of ether oxygens (including phenoxy) is 3. The highest BCUT2D eigenvalue weighted by atomic mass is 32.2. The van der Waals surface area contributed by atoms with E-state index in [4.69, 9.17) is 19.2 Å². The summed E-state index contributed by atoms with van der Waals surface area (Å²) in [4.78, 5) is 22.7. The van der Waals surface area contributed by atoms with Crippen LogP contribution in [0, 0.1) is 6.92 Å². The molecule has 3 N–H and O–H groups in total. The molecule has 1 heterocycles. The van der Waals surface area contributed by atoms with Crippen molar-refractivity contribution in [2.24, 2.45) is 0 Å². The molecular weight excluding hydrogens is 554 g/mol. The monoisotopic (exact) mass is 583 g/mol. The Morgan fingerprint density at radius 2 is 1.43 bits per heavy atom. The van der Waals surface area contributed by atoms with Crippen LogP contribution >= 0.6 is 0 Å². The first kappa shape index (κ1) is 28.4. The fourth-order valence-corrected chi connectivity index (χ4v) is 5.05. The van der Waals surface area contributed by atoms with Crippen molar-refractivity contribution in [2.75, 3.05) is 36.7 Å². The second kappa shape index (κ2) is 12.6. The number of fused-ring (bicyclic) bond motifs is 1. The van der Waals surface area contributed by atoms with Gasteiger partial charge in [-0.1, -0.05) is 24.3 Å². The molecule has 42 heavy (non-hydrogen) atoms. The Hall–Kier alpha value is -5.16. The largest absolute Gasteiger partial charge is 0.497 e. The Balaban J connectivity index is 1.41. The molecule has 5 aromatic rings. The Bertz CT molecular complexity index is 1770. The summed E-state index contributed by atoms with van der Waals surface area (Å²) >= 11 is 0. The molecule has 1 unspecified atom stereocenters. The number of para-hydroxylation sites is 2. The summed E-state index contributed by atoms with van der Waals surface area (Å²) in [6.07, 6.45) is 0. The predicted octanol–water partition coefficient (Wildman–Crippen LogP) is 6.09. The molecule has 1 amide bonds. The number of benzene rings is 4. The van der Waals surface area contributed by atoms with E-state index in [0.29, 0.717) is 55.9 Å². The molecule has 11 heteroatoms. The first-order valence-electron chi connectivity index (χ1n) is 12.9. The van der Waals surface area contributed by atoms with Crippen molar-refractivity contribution in [3.05, 3.63) is 96.1 Å². The van der Waals surface area contributed by atoms with E-state index in [9.17, 15) is 9.00 Å². The highest BCUT2D eigenvalue weighted by molar-refractivity contribution is 7.86. The molecular formula is C31H29N5O5S. The van der Waals surface area contributed by atoms with Gasteiger partial charge in [0.05, 0.1) is 37.3 Å². The Labute approximate surface area is 245 Å². The average molecular weight is 584 g/mol. The molecule has 0 bridgehead atoms. The van der Waals surface area contributed by atoms with E-state index in [1.165, 1.54) is 0 Å². The maximum Gasteiger partial charge on any atom is 0.255 e. The fourth-order valence-electron chi connectivity index (χ4n) is 4.18. The van der Waals surface area contributed by atoms with Crippen molar-refractivity contribution in [1.82, 2.24) is 9.97 Å². The van der Waals surface area contributed by atoms with Gasteiger partial charge in [-0.2, -0.15) is 0 Å². The first-order chi connectivity index (χ1) is 20.4. The van der Waals surface area contributed by atoms with Crippen molar-refractivity contribution in [3.8, 4) is 17.2 Å². The summed E-state index contributed by atoms with van der Waals surface area (Å²) in [5, 5.41) is 6.10. The summed E-state index contributed by atoms with van der Waals surface area (Å²) < 4.78 is 32.6. The van der Waals surface area contributed by atoms with E-state index < -0.39 is 11.0 Å². The molecule has 0 radical (unpaired) electrons. The number of amides is 1. The van der Waals surface area contributed by atoms with Gasteiger partial charge in [0.1, 0.15) is 17.2 Å². The minimum Gasteiger partial charge on any atom is -0.497 e. The summed E-state index contributed by atoms with van der Waals surface area (Å²) in [5.74, 6) is 2.11. The van der Waals surface area contributed by atoms with Gasteiger partial charge in [0.25, 0.3) is 5.91 Å². The molecule has 0 saturated heterocycles. The van der Waals surface area contributed by atoms with Gasteiger partial charge in [0.15, 0.2) is 22.6 Å². The molecule has 0 saturated carbocycles. The molecule has 0 aliphatic heterocycles. The van der Waals surface area contributed by atoms with Gasteiger partial charge in [0.2, 0.25) is 0 Å². The van der Waals surface area contributed by atoms with Crippen LogP contribution in [0.2, 0.25) is 0 Å². The molecule has 5 rings (SSSR count). The number of carbonyl (C=O) groups is 1. The maximum absolute atomic E-state index is 13.5. The van der Waals surface area contributed by atoms with E-state index in [-0.39, 0.29) is 11.7 Å². The average Bonchev–Trinajstić information content (AvgIpc) is 3.01. The van der Waals surface area contributed by atoms with Gasteiger partial charge in [-0.05, 0) is 55.0 Å². The van der Waals surface area contributed by atoms with Gasteiger partial charge in [-0.15, -0.1) is 0 Å². The molecule has 4 aromatic carbocycles. The lowest BCUT2D eigenvalue weighted by atomic mass is 10.1. The van der Waals surface area contributed by atoms with Crippen LogP contribution in [0.3, 0.4) is 0 Å². The summed E-state index contributed by atoms with van der Waals surface area (Å²) in [6, 6.07) is 24.7. The number of carbonyl (C=O) groups excluding carboxylic acids is 1. The zero-order valence-electron chi connectivity index (χ0n) is 23.4. The number of methoxy groups -OCH3 is 3. The predicted molar refractivity (Wildman–Crippen MR) is 165 cm³/mol. The minimum absolute atomic E-state index is 0.273. The fraction of sp³-hybridized carbons (Fsp3) is 0.129. The second-order valence-corrected chi connectivity index (χ2v) is 10.4. The Kier molecular flexibility index (Phi) is 8.49. The van der Waals surface area contributed by atoms with Crippen molar-refractivity contribution < 1.29 is 23.2 Å². The molecule has 1 aromatic heterocycles. The zero-order valence-corrected chi connectivity index (χ0v) is 24.2. The molecule has 0 aliphatic carbocycles. The third kappa shape index (κ3) is 6.42. The van der Waals surface area contributed by atoms with Gasteiger partial charge >= 0.3 is 0 Å². The normalized spacial score (nSPS) is 11.4. The SMILES string of the molecule is COc1cc(Nc2nc3ccccc3nc2NS(=O)c2cccc(NC(=O)c3ccc(C)c(OC)c3)c2)cc(OC)c1. The van der Waals surface area contributed by atoms with Gasteiger partial charge < -0.3 is 24.8 Å². The number of hydrogen-bond acceptors (Lipinski definition) is 8. The van der Waals surface area contributed by atoms with Crippen LogP contribution in [0.1, 0.15) is 15.9 Å². The number of hydrogen-bond donors (Lipinski definition) is 3. The number of aryl methyl sites for hydroxylation is 1. The molecule has 214 valence electrons. The molecule has 10 nitrogen and oxygen atoms in total. The quantitative estimate of drug-likeness (QED) is 0.180. The van der Waals surface area contributed by atoms with Crippen LogP contribution in [0.5, 0.6) is 17.2 Å². The standard InChI is InChI=1S/C31H29N5O5S/c1-19-12-13-20(14-28(19)41-4)31(37)33-21-8-7-9-25(17-21)42(38)36-30-29(34-26-10-5-6-11-27(26)35-30)32-22-15-23(39-2)18-24(16-22)40-3/h5-18H,1-4H3,(H,32,34)(H,33,37)(H,35,36). The van der Waals surface area contributed by atoms with Crippen molar-refractivity contribution in [1.29, 1.82) is 0 Å². The Morgan fingerprint density at radius 1 is 0.738 bits per heavy atom. The van der Waals surface area contributed by atoms with Gasteiger partial charge in [0, 0.05) is 35.1 Å². The minimum atomic E-state index is -1.75. The van der Waals surface area contributed by atoms with Crippen LogP contribution in [0.25, 0.3) is 11.0 Å². The van der Waals surface area contributed by atoms with Crippen molar-refractivity contribution in [2.45, 2.75) is 11.8 Å². The van der Waals surface area contributed by atoms with E-state index in [0.717, 1.165) is 5.56 Å². The van der Waals surface area contributed by atoms with Gasteiger partial charge in [-0.3, -0.25) is 9.52 Å². The second-order valence-electron chi connectivity index (χ2n) is 9.17. The highest BCUT2D eigenvalue weighted by Crippen LogP contribution is 2.31. The molecule has 0 spiro atoms. The number of nitrogens with zero attached hydrogens (tertiary/aromatic N) is 2. The highest BCUT2D eigenvalue weighted by Gasteiger charge is 2.16. The van der Waals surface area contributed by atoms with Crippen LogP contribution < -0.4 is 29.6 Å². The molecule has 0 aliphatic rings. The lowest BCUT2D eigenvalue weighted by Crippen LogP contribution is -2.13. The van der Waals surface area contributed by atoms with E-state index in [2.05, 4.69) is 20.3 Å². The smallest absolute Gasteiger partial charge is 0.255 e. The van der Waals surface area contributed by atoms with Crippen LogP contribution in [0.4, 0.5) is 23.0 Å². The van der Waals surface area contributed by atoms with Crippen LogP contribution in [-0.2, 0) is 11.0 Å². The third-order valence-electron chi connectivity index (χ3n) is 6.35. The van der Waals surface area contributed by atoms with Crippen molar-refractivity contribution >= 4 is 50.9 Å². The number of nitrogens with one attached hydrogen (secondary N) is 3. The summed E-state index contributed by atoms with van der Waals surface area (Å²) in [5.41, 5.74) is 3.77. The van der Waals surface area contributed by atoms with Crippen LogP contribution in [-0.4, -0.2) is 41.4 Å². The van der Waals surface area contributed by atoms with E-state index >= 15 is 0 Å². The lowest BCUT2D eigenvalue weighted by Gasteiger charge is -2.15. The van der Waals surface area contributed by atoms with Crippen LogP contribution in [0.15, 0.2) is 89.8 Å². The Morgan fingerprint density at radius 3 is 2.10 bits per heavy atom. The number of rotatable bonds is 10. The van der Waals surface area contributed by atoms with Gasteiger partial charge in [-0.25, -0.2) is 14.2 Å². The summed E-state index contributed by atoms with van der Waals surface area (Å²) in [7, 11) is 2.95. The molecule has 1 atom stereocenters. The first-order valence-corrected chi connectivity index (χ1v) is 14.0. The topological polar surface area (TPSA) is 124 Å². The zero-order chi connectivity index (χ0) is 29.6. The maximum atomic E-state index is 13.5. The van der Waals surface area contributed by atoms with E-state index in [1.807, 2.05) is 37.3 Å².